The van der Waals surface area contributed by atoms with Gasteiger partial charge in [0.25, 0.3) is 5.91 Å². The highest BCUT2D eigenvalue weighted by atomic mass is 19.1. The third-order valence-corrected chi connectivity index (χ3v) is 3.31. The van der Waals surface area contributed by atoms with E-state index < -0.39 is 24.1 Å². The Bertz CT molecular complexity index is 593. The molecular weight excluding hydrogens is 277 g/mol. The number of ether oxygens (including phenoxy) is 1. The molecular formula is C15H14FNO4. The second-order valence-corrected chi connectivity index (χ2v) is 4.76. The third kappa shape index (κ3) is 3.14. The highest BCUT2D eigenvalue weighted by Crippen LogP contribution is 2.27. The van der Waals surface area contributed by atoms with Crippen molar-refractivity contribution in [3.63, 3.8) is 0 Å². The molecule has 110 valence electrons. The number of carboxylic acid groups (broad SMARTS) is 1. The average molecular weight is 291 g/mol. The Morgan fingerprint density at radius 3 is 2.62 bits per heavy atom. The van der Waals surface area contributed by atoms with Crippen LogP contribution in [0.5, 0.6) is 5.75 Å². The van der Waals surface area contributed by atoms with Crippen molar-refractivity contribution < 1.29 is 23.8 Å². The molecule has 1 fully saturated rings. The molecule has 1 aromatic rings. The van der Waals surface area contributed by atoms with Crippen LogP contribution in [0.4, 0.5) is 4.39 Å². The summed E-state index contributed by atoms with van der Waals surface area (Å²) in [4.78, 5) is 24.2. The first kappa shape index (κ1) is 14.9. The lowest BCUT2D eigenvalue weighted by Gasteiger charge is -2.17. The highest BCUT2D eigenvalue weighted by Gasteiger charge is 2.46. The number of benzene rings is 1. The van der Waals surface area contributed by atoms with Gasteiger partial charge in [0.15, 0.2) is 0 Å². The number of hydrogen-bond donors (Lipinski definition) is 1. The van der Waals surface area contributed by atoms with Gasteiger partial charge in [-0.3, -0.25) is 4.79 Å². The van der Waals surface area contributed by atoms with E-state index in [0.717, 1.165) is 0 Å². The zero-order valence-corrected chi connectivity index (χ0v) is 11.2. The van der Waals surface area contributed by atoms with Gasteiger partial charge >= 0.3 is 5.97 Å². The van der Waals surface area contributed by atoms with Crippen LogP contribution in [-0.2, 0) is 4.79 Å². The van der Waals surface area contributed by atoms with Crippen LogP contribution in [0.15, 0.2) is 24.3 Å². The number of halogens is 1. The number of likely N-dealkylation sites (tertiary alicyclic amines) is 1. The number of nitrogens with zero attached hydrogens (tertiary/aromatic N) is 1. The number of rotatable bonds is 4. The smallest absolute Gasteiger partial charge is 0.343 e. The molecule has 1 aromatic carbocycles. The molecule has 1 aliphatic rings. The largest absolute Gasteiger partial charge is 0.481 e. The molecule has 1 N–H and O–H groups in total. The average Bonchev–Trinajstić information content (AvgIpc) is 2.89. The summed E-state index contributed by atoms with van der Waals surface area (Å²) in [7, 11) is 0. The summed E-state index contributed by atoms with van der Waals surface area (Å²) in [5.41, 5.74) is -2.01. The molecule has 6 heteroatoms. The van der Waals surface area contributed by atoms with Gasteiger partial charge in [0.05, 0.1) is 6.54 Å². The molecule has 5 nitrogen and oxygen atoms in total. The second-order valence-electron chi connectivity index (χ2n) is 4.76. The number of terminal acetylenes is 1. The predicted octanol–water partition coefficient (Wildman–Crippen LogP) is 1.34. The van der Waals surface area contributed by atoms with Crippen molar-refractivity contribution >= 4 is 11.9 Å². The summed E-state index contributed by atoms with van der Waals surface area (Å²) >= 11 is 0. The van der Waals surface area contributed by atoms with Gasteiger partial charge in [-0.25, -0.2) is 9.18 Å². The second kappa shape index (κ2) is 5.83. The van der Waals surface area contributed by atoms with E-state index in [1.54, 1.807) is 12.1 Å². The molecule has 0 aliphatic carbocycles. The number of aliphatic carboxylic acids is 1. The van der Waals surface area contributed by atoms with E-state index in [9.17, 15) is 14.0 Å². The van der Waals surface area contributed by atoms with Crippen molar-refractivity contribution in [3.05, 3.63) is 29.8 Å². The van der Waals surface area contributed by atoms with Crippen molar-refractivity contribution in [1.29, 1.82) is 0 Å². The number of carbonyl (C=O) groups is 2. The molecule has 0 aromatic heterocycles. The molecule has 1 unspecified atom stereocenters. The van der Waals surface area contributed by atoms with Gasteiger partial charge in [-0.1, -0.05) is 5.92 Å². The first-order valence-corrected chi connectivity index (χ1v) is 6.34. The Kier molecular flexibility index (Phi) is 4.13. The summed E-state index contributed by atoms with van der Waals surface area (Å²) in [5, 5.41) is 8.82. The lowest BCUT2D eigenvalue weighted by atomic mass is 10.1. The van der Waals surface area contributed by atoms with Gasteiger partial charge < -0.3 is 14.7 Å². The van der Waals surface area contributed by atoms with E-state index in [1.165, 1.54) is 17.0 Å². The fraction of sp³-hybridized carbons (Fsp3) is 0.333. The third-order valence-electron chi connectivity index (χ3n) is 3.31. The van der Waals surface area contributed by atoms with Gasteiger partial charge in [0.1, 0.15) is 12.4 Å². The standard InChI is InChI=1S/C15H14FNO4/c1-2-9-21-12-5-3-11(4-6-12)13(18)17-8-7-15(16,10-17)14(19)20/h1,3-6H,7-10H2,(H,19,20). The van der Waals surface area contributed by atoms with Crippen molar-refractivity contribution in [3.8, 4) is 18.1 Å². The fourth-order valence-electron chi connectivity index (χ4n) is 2.12. The van der Waals surface area contributed by atoms with Crippen molar-refractivity contribution in [2.45, 2.75) is 12.1 Å². The van der Waals surface area contributed by atoms with Crippen molar-refractivity contribution in [2.75, 3.05) is 19.7 Å². The number of amides is 1. The fourth-order valence-corrected chi connectivity index (χ4v) is 2.12. The minimum absolute atomic E-state index is 0.0803. The monoisotopic (exact) mass is 291 g/mol. The topological polar surface area (TPSA) is 66.8 Å². The summed E-state index contributed by atoms with van der Waals surface area (Å²) in [6, 6.07) is 6.24. The van der Waals surface area contributed by atoms with Crippen LogP contribution >= 0.6 is 0 Å². The number of alkyl halides is 1. The quantitative estimate of drug-likeness (QED) is 0.850. The Balaban J connectivity index is 2.04. The minimum Gasteiger partial charge on any atom is -0.481 e. The van der Waals surface area contributed by atoms with Crippen LogP contribution in [0.25, 0.3) is 0 Å². The van der Waals surface area contributed by atoms with E-state index in [0.29, 0.717) is 11.3 Å². The normalized spacial score (nSPS) is 20.9. The van der Waals surface area contributed by atoms with Gasteiger partial charge in [-0.2, -0.15) is 0 Å². The minimum atomic E-state index is -2.36. The van der Waals surface area contributed by atoms with Crippen LogP contribution in [0, 0.1) is 12.3 Å². The molecule has 0 radical (unpaired) electrons. The van der Waals surface area contributed by atoms with Gasteiger partial charge in [0, 0.05) is 18.5 Å². The number of carboxylic acids is 1. The maximum Gasteiger partial charge on any atom is 0.343 e. The number of carbonyl (C=O) groups excluding carboxylic acids is 1. The molecule has 21 heavy (non-hydrogen) atoms. The Labute approximate surface area is 121 Å². The van der Waals surface area contributed by atoms with Crippen LogP contribution in [0.3, 0.4) is 0 Å². The van der Waals surface area contributed by atoms with Crippen LogP contribution in [0.1, 0.15) is 16.8 Å². The van der Waals surface area contributed by atoms with E-state index in [2.05, 4.69) is 5.92 Å². The SMILES string of the molecule is C#CCOc1ccc(C(=O)N2CCC(F)(C(=O)O)C2)cc1. The van der Waals surface area contributed by atoms with Crippen LogP contribution < -0.4 is 4.74 Å². The van der Waals surface area contributed by atoms with Crippen molar-refractivity contribution in [1.82, 2.24) is 4.90 Å². The molecule has 0 spiro atoms. The Hall–Kier alpha value is -2.55. The predicted molar refractivity (Wildman–Crippen MR) is 72.8 cm³/mol. The summed E-state index contributed by atoms with van der Waals surface area (Å²) < 4.78 is 19.1. The molecule has 1 heterocycles. The highest BCUT2D eigenvalue weighted by molar-refractivity contribution is 5.95. The van der Waals surface area contributed by atoms with E-state index in [4.69, 9.17) is 16.3 Å². The molecule has 0 saturated carbocycles. The molecule has 1 aliphatic heterocycles. The van der Waals surface area contributed by atoms with Crippen LogP contribution in [-0.4, -0.2) is 47.2 Å². The van der Waals surface area contributed by atoms with E-state index in [-0.39, 0.29) is 19.6 Å². The summed E-state index contributed by atoms with van der Waals surface area (Å²) in [6.45, 7) is -0.226. The maximum atomic E-state index is 13.9. The molecule has 0 bridgehead atoms. The Morgan fingerprint density at radius 1 is 1.43 bits per heavy atom. The number of hydrogen-bond acceptors (Lipinski definition) is 3. The molecule has 1 atom stereocenters. The van der Waals surface area contributed by atoms with E-state index >= 15 is 0 Å². The van der Waals surface area contributed by atoms with Gasteiger partial charge in [-0.15, -0.1) is 6.42 Å². The molecule has 1 amide bonds. The van der Waals surface area contributed by atoms with E-state index in [1.807, 2.05) is 0 Å². The zero-order valence-electron chi connectivity index (χ0n) is 11.2. The Morgan fingerprint density at radius 2 is 2.10 bits per heavy atom. The first-order valence-electron chi connectivity index (χ1n) is 6.34. The van der Waals surface area contributed by atoms with Crippen LogP contribution in [0.2, 0.25) is 0 Å². The first-order chi connectivity index (χ1) is 9.96. The summed E-state index contributed by atoms with van der Waals surface area (Å²) in [6.07, 6.45) is 4.87. The van der Waals surface area contributed by atoms with Gasteiger partial charge in [0.2, 0.25) is 5.67 Å². The zero-order chi connectivity index (χ0) is 15.5. The lowest BCUT2D eigenvalue weighted by Crippen LogP contribution is -2.38. The molecule has 1 saturated heterocycles. The van der Waals surface area contributed by atoms with Gasteiger partial charge in [-0.05, 0) is 24.3 Å². The summed E-state index contributed by atoms with van der Waals surface area (Å²) in [5.74, 6) is 0.913. The molecule has 2 rings (SSSR count). The lowest BCUT2D eigenvalue weighted by molar-refractivity contribution is -0.149. The maximum absolute atomic E-state index is 13.9. The van der Waals surface area contributed by atoms with Crippen molar-refractivity contribution in [2.24, 2.45) is 0 Å².